The maximum Gasteiger partial charge on any atom is 0.262 e. The minimum absolute atomic E-state index is 0.0125. The Morgan fingerprint density at radius 2 is 1.88 bits per heavy atom. The molecule has 1 aromatic heterocycles. The zero-order valence-corrected chi connectivity index (χ0v) is 13.7. The first kappa shape index (κ1) is 16.4. The normalized spacial score (nSPS) is 10.6. The predicted octanol–water partition coefficient (Wildman–Crippen LogP) is 4.12. The van der Waals surface area contributed by atoms with Crippen molar-refractivity contribution < 1.29 is 13.9 Å². The maximum absolute atomic E-state index is 11.9. The van der Waals surface area contributed by atoms with E-state index in [1.165, 1.54) is 12.3 Å². The molecule has 7 heteroatoms. The topological polar surface area (TPSA) is 68.5 Å². The molecule has 2 aromatic carbocycles. The van der Waals surface area contributed by atoms with Crippen LogP contribution in [0.4, 0.5) is 5.69 Å². The van der Waals surface area contributed by atoms with Crippen LogP contribution in [0.1, 0.15) is 0 Å². The Morgan fingerprint density at radius 3 is 2.62 bits per heavy atom. The summed E-state index contributed by atoms with van der Waals surface area (Å²) in [7, 11) is 0. The van der Waals surface area contributed by atoms with Crippen molar-refractivity contribution in [3.63, 3.8) is 0 Å². The molecule has 0 atom stereocenters. The molecule has 1 N–H and O–H groups in total. The monoisotopic (exact) mass is 363 g/mol. The van der Waals surface area contributed by atoms with Gasteiger partial charge in [-0.25, -0.2) is 0 Å². The van der Waals surface area contributed by atoms with Gasteiger partial charge in [0.15, 0.2) is 6.61 Å². The molecule has 0 aliphatic heterocycles. The fourth-order valence-electron chi connectivity index (χ4n) is 2.05. The molecule has 5 nitrogen and oxygen atoms in total. The summed E-state index contributed by atoms with van der Waals surface area (Å²) in [5.41, 5.74) is 0.636. The number of ether oxygens (including phenoxy) is 1. The zero-order chi connectivity index (χ0) is 17.1. The quantitative estimate of drug-likeness (QED) is 0.756. The van der Waals surface area contributed by atoms with Crippen molar-refractivity contribution in [2.75, 3.05) is 11.9 Å². The highest BCUT2D eigenvalue weighted by molar-refractivity contribution is 6.31. The first-order valence-corrected chi connectivity index (χ1v) is 7.68. The lowest BCUT2D eigenvalue weighted by molar-refractivity contribution is -0.118. The Morgan fingerprint density at radius 1 is 1.12 bits per heavy atom. The van der Waals surface area contributed by atoms with Gasteiger partial charge >= 0.3 is 0 Å². The molecule has 0 saturated carbocycles. The zero-order valence-electron chi connectivity index (χ0n) is 12.2. The molecule has 0 aliphatic rings. The SMILES string of the molecule is O=C(COc1ccc2c(=O)c(Cl)coc2c1)Nc1ccc(Cl)cc1. The van der Waals surface area contributed by atoms with Gasteiger partial charge < -0.3 is 14.5 Å². The second kappa shape index (κ2) is 6.95. The summed E-state index contributed by atoms with van der Waals surface area (Å²) in [6, 6.07) is 11.4. The molecule has 1 heterocycles. The van der Waals surface area contributed by atoms with E-state index in [4.69, 9.17) is 32.4 Å². The van der Waals surface area contributed by atoms with E-state index in [0.29, 0.717) is 27.4 Å². The van der Waals surface area contributed by atoms with E-state index in [1.807, 2.05) is 0 Å². The molecule has 0 bridgehead atoms. The number of carbonyl (C=O) groups is 1. The van der Waals surface area contributed by atoms with Crippen molar-refractivity contribution >= 4 is 45.8 Å². The number of halogens is 2. The van der Waals surface area contributed by atoms with E-state index in [-0.39, 0.29) is 23.0 Å². The molecule has 0 unspecified atom stereocenters. The fraction of sp³-hybridized carbons (Fsp3) is 0.0588. The lowest BCUT2D eigenvalue weighted by atomic mass is 10.2. The highest BCUT2D eigenvalue weighted by Crippen LogP contribution is 2.20. The van der Waals surface area contributed by atoms with Gasteiger partial charge in [-0.15, -0.1) is 0 Å². The molecule has 122 valence electrons. The van der Waals surface area contributed by atoms with E-state index < -0.39 is 0 Å². The summed E-state index contributed by atoms with van der Waals surface area (Å²) in [4.78, 5) is 23.7. The van der Waals surface area contributed by atoms with Crippen molar-refractivity contribution in [2.45, 2.75) is 0 Å². The van der Waals surface area contributed by atoms with Crippen LogP contribution in [0.25, 0.3) is 11.0 Å². The Balaban J connectivity index is 1.67. The highest BCUT2D eigenvalue weighted by Gasteiger charge is 2.08. The Bertz CT molecular complexity index is 951. The average Bonchev–Trinajstić information content (AvgIpc) is 2.58. The van der Waals surface area contributed by atoms with Crippen molar-refractivity contribution in [1.82, 2.24) is 0 Å². The Hall–Kier alpha value is -2.50. The van der Waals surface area contributed by atoms with Crippen LogP contribution >= 0.6 is 23.2 Å². The van der Waals surface area contributed by atoms with E-state index >= 15 is 0 Å². The molecule has 3 aromatic rings. The number of fused-ring (bicyclic) bond motifs is 1. The molecular formula is C17H11Cl2NO4. The number of hydrogen-bond donors (Lipinski definition) is 1. The first-order chi connectivity index (χ1) is 11.5. The van der Waals surface area contributed by atoms with Crippen LogP contribution in [0.15, 0.2) is 57.9 Å². The number of nitrogens with one attached hydrogen (secondary N) is 1. The van der Waals surface area contributed by atoms with E-state index in [0.717, 1.165) is 0 Å². The highest BCUT2D eigenvalue weighted by atomic mass is 35.5. The van der Waals surface area contributed by atoms with Crippen LogP contribution in [0.2, 0.25) is 10.0 Å². The van der Waals surface area contributed by atoms with E-state index in [2.05, 4.69) is 5.32 Å². The van der Waals surface area contributed by atoms with Gasteiger partial charge in [0.05, 0.1) is 5.39 Å². The van der Waals surface area contributed by atoms with Crippen molar-refractivity contribution in [3.8, 4) is 5.75 Å². The third-order valence-electron chi connectivity index (χ3n) is 3.20. The first-order valence-electron chi connectivity index (χ1n) is 6.92. The fourth-order valence-corrected chi connectivity index (χ4v) is 2.33. The molecule has 24 heavy (non-hydrogen) atoms. The van der Waals surface area contributed by atoms with Crippen LogP contribution < -0.4 is 15.5 Å². The lowest BCUT2D eigenvalue weighted by Crippen LogP contribution is -2.20. The molecular weight excluding hydrogens is 353 g/mol. The van der Waals surface area contributed by atoms with Crippen LogP contribution in [-0.4, -0.2) is 12.5 Å². The largest absolute Gasteiger partial charge is 0.484 e. The van der Waals surface area contributed by atoms with Gasteiger partial charge in [-0.2, -0.15) is 0 Å². The molecule has 0 aliphatic carbocycles. The maximum atomic E-state index is 11.9. The van der Waals surface area contributed by atoms with Gasteiger partial charge in [0.2, 0.25) is 5.43 Å². The minimum Gasteiger partial charge on any atom is -0.484 e. The van der Waals surface area contributed by atoms with Crippen molar-refractivity contribution in [1.29, 1.82) is 0 Å². The summed E-state index contributed by atoms with van der Waals surface area (Å²) in [6.07, 6.45) is 1.17. The van der Waals surface area contributed by atoms with Crippen LogP contribution in [0, 0.1) is 0 Å². The molecule has 0 fully saturated rings. The van der Waals surface area contributed by atoms with Gasteiger partial charge in [-0.1, -0.05) is 23.2 Å². The average molecular weight is 364 g/mol. The summed E-state index contributed by atoms with van der Waals surface area (Å²) < 4.78 is 10.7. The smallest absolute Gasteiger partial charge is 0.262 e. The van der Waals surface area contributed by atoms with Crippen LogP contribution in [0.5, 0.6) is 5.75 Å². The summed E-state index contributed by atoms with van der Waals surface area (Å²) >= 11 is 11.5. The number of anilines is 1. The molecule has 0 radical (unpaired) electrons. The third kappa shape index (κ3) is 3.69. The summed E-state index contributed by atoms with van der Waals surface area (Å²) in [5.74, 6) is 0.0780. The second-order valence-electron chi connectivity index (χ2n) is 4.91. The Kier molecular flexibility index (Phi) is 4.74. The van der Waals surface area contributed by atoms with Gasteiger partial charge in [0.1, 0.15) is 22.6 Å². The molecule has 3 rings (SSSR count). The summed E-state index contributed by atoms with van der Waals surface area (Å²) in [6.45, 7) is -0.189. The molecule has 1 amide bonds. The number of rotatable bonds is 4. The lowest BCUT2D eigenvalue weighted by Gasteiger charge is -2.08. The van der Waals surface area contributed by atoms with Crippen molar-refractivity contribution in [2.24, 2.45) is 0 Å². The van der Waals surface area contributed by atoms with Gasteiger partial charge in [-0.3, -0.25) is 9.59 Å². The van der Waals surface area contributed by atoms with E-state index in [9.17, 15) is 9.59 Å². The second-order valence-corrected chi connectivity index (χ2v) is 5.76. The van der Waals surface area contributed by atoms with Crippen LogP contribution in [-0.2, 0) is 4.79 Å². The summed E-state index contributed by atoms with van der Waals surface area (Å²) in [5, 5.41) is 3.63. The van der Waals surface area contributed by atoms with Crippen molar-refractivity contribution in [3.05, 3.63) is 69.0 Å². The van der Waals surface area contributed by atoms with Crippen LogP contribution in [0.3, 0.4) is 0 Å². The number of hydrogen-bond acceptors (Lipinski definition) is 4. The third-order valence-corrected chi connectivity index (χ3v) is 3.71. The molecule has 0 saturated heterocycles. The predicted molar refractivity (Wildman–Crippen MR) is 93.1 cm³/mol. The number of carbonyl (C=O) groups excluding carboxylic acids is 1. The van der Waals surface area contributed by atoms with Gasteiger partial charge in [0, 0.05) is 16.8 Å². The number of amides is 1. The standard InChI is InChI=1S/C17H11Cl2NO4/c18-10-1-3-11(4-2-10)20-16(21)9-23-12-5-6-13-15(7-12)24-8-14(19)17(13)22/h1-8H,9H2,(H,20,21). The van der Waals surface area contributed by atoms with Gasteiger partial charge in [-0.05, 0) is 36.4 Å². The van der Waals surface area contributed by atoms with E-state index in [1.54, 1.807) is 36.4 Å². The number of benzene rings is 2. The minimum atomic E-state index is -0.324. The Labute approximate surface area is 146 Å². The molecule has 0 spiro atoms. The van der Waals surface area contributed by atoms with Gasteiger partial charge in [0.25, 0.3) is 5.91 Å².